The molecular formula is C14H18N2O5. The van der Waals surface area contributed by atoms with Crippen LogP contribution in [0, 0.1) is 0 Å². The first-order valence-electron chi connectivity index (χ1n) is 6.69. The molecule has 1 aromatic carbocycles. The van der Waals surface area contributed by atoms with Gasteiger partial charge < -0.3 is 25.2 Å². The van der Waals surface area contributed by atoms with Gasteiger partial charge in [-0.05, 0) is 12.0 Å². The van der Waals surface area contributed by atoms with E-state index in [2.05, 4.69) is 5.32 Å². The van der Waals surface area contributed by atoms with Gasteiger partial charge in [-0.15, -0.1) is 0 Å². The van der Waals surface area contributed by atoms with Crippen molar-refractivity contribution in [3.05, 3.63) is 35.9 Å². The number of ether oxygens (including phenoxy) is 1. The number of hydrogen-bond acceptors (Lipinski definition) is 4. The van der Waals surface area contributed by atoms with Gasteiger partial charge in [0.1, 0.15) is 6.61 Å². The fourth-order valence-corrected chi connectivity index (χ4v) is 2.17. The Morgan fingerprint density at radius 2 is 2.05 bits per heavy atom. The van der Waals surface area contributed by atoms with Gasteiger partial charge in [0.2, 0.25) is 0 Å². The summed E-state index contributed by atoms with van der Waals surface area (Å²) in [5, 5.41) is 21.2. The molecule has 1 aromatic rings. The monoisotopic (exact) mass is 294 g/mol. The van der Waals surface area contributed by atoms with Gasteiger partial charge in [-0.25, -0.2) is 9.59 Å². The second kappa shape index (κ2) is 6.94. The number of hydrogen-bond donors (Lipinski definition) is 3. The second-order valence-electron chi connectivity index (χ2n) is 4.90. The molecule has 0 bridgehead atoms. The Morgan fingerprint density at radius 3 is 2.71 bits per heavy atom. The maximum Gasteiger partial charge on any atom is 0.407 e. The Kier molecular flexibility index (Phi) is 4.99. The third-order valence-corrected chi connectivity index (χ3v) is 3.36. The fraction of sp³-hybridized carbons (Fsp3) is 0.429. The van der Waals surface area contributed by atoms with Crippen molar-refractivity contribution in [1.82, 2.24) is 10.2 Å². The lowest BCUT2D eigenvalue weighted by molar-refractivity contribution is 0.0434. The number of aliphatic hydroxyl groups is 1. The number of piperidine rings is 1. The molecule has 3 N–H and O–H groups in total. The maximum absolute atomic E-state index is 11.7. The maximum atomic E-state index is 11.7. The minimum Gasteiger partial charge on any atom is -0.465 e. The second-order valence-corrected chi connectivity index (χ2v) is 4.90. The molecule has 2 atom stereocenters. The van der Waals surface area contributed by atoms with Crippen molar-refractivity contribution in [1.29, 1.82) is 0 Å². The molecule has 7 nitrogen and oxygen atoms in total. The first kappa shape index (κ1) is 15.1. The van der Waals surface area contributed by atoms with E-state index in [0.29, 0.717) is 0 Å². The predicted octanol–water partition coefficient (Wildman–Crippen LogP) is 1.03. The van der Waals surface area contributed by atoms with Crippen LogP contribution in [0.5, 0.6) is 0 Å². The SMILES string of the molecule is O=C(N[C@@H]1CN(C(=O)O)CC[C@H]1O)OCc1ccccc1. The number of aliphatic hydroxyl groups excluding tert-OH is 1. The number of benzene rings is 1. The van der Waals surface area contributed by atoms with Gasteiger partial charge >= 0.3 is 12.2 Å². The highest BCUT2D eigenvalue weighted by molar-refractivity contribution is 5.68. The lowest BCUT2D eigenvalue weighted by Gasteiger charge is -2.34. The molecule has 0 saturated carbocycles. The van der Waals surface area contributed by atoms with Gasteiger partial charge in [0.25, 0.3) is 0 Å². The zero-order valence-electron chi connectivity index (χ0n) is 11.4. The summed E-state index contributed by atoms with van der Waals surface area (Å²) < 4.78 is 5.05. The van der Waals surface area contributed by atoms with Crippen molar-refractivity contribution in [3.8, 4) is 0 Å². The van der Waals surface area contributed by atoms with Crippen molar-refractivity contribution < 1.29 is 24.5 Å². The van der Waals surface area contributed by atoms with Gasteiger partial charge in [0, 0.05) is 13.1 Å². The summed E-state index contributed by atoms with van der Waals surface area (Å²) in [5.74, 6) is 0. The van der Waals surface area contributed by atoms with Gasteiger partial charge in [0.15, 0.2) is 0 Å². The quantitative estimate of drug-likeness (QED) is 0.773. The highest BCUT2D eigenvalue weighted by atomic mass is 16.5. The molecule has 1 aliphatic heterocycles. The van der Waals surface area contributed by atoms with Crippen LogP contribution in [0.15, 0.2) is 30.3 Å². The smallest absolute Gasteiger partial charge is 0.407 e. The normalized spacial score (nSPS) is 21.7. The number of likely N-dealkylation sites (tertiary alicyclic amines) is 1. The van der Waals surface area contributed by atoms with Crippen LogP contribution in [0.1, 0.15) is 12.0 Å². The Hall–Kier alpha value is -2.28. The minimum atomic E-state index is -1.06. The molecule has 7 heteroatoms. The number of amides is 2. The Labute approximate surface area is 122 Å². The van der Waals surface area contributed by atoms with Crippen LogP contribution in [0.3, 0.4) is 0 Å². The van der Waals surface area contributed by atoms with Crippen molar-refractivity contribution in [2.45, 2.75) is 25.2 Å². The van der Waals surface area contributed by atoms with Gasteiger partial charge in [-0.2, -0.15) is 0 Å². The van der Waals surface area contributed by atoms with Gasteiger partial charge in [-0.1, -0.05) is 30.3 Å². The molecule has 1 heterocycles. The topological polar surface area (TPSA) is 99.1 Å². The number of nitrogens with one attached hydrogen (secondary N) is 1. The molecule has 0 aromatic heterocycles. The summed E-state index contributed by atoms with van der Waals surface area (Å²) in [6.45, 7) is 0.433. The lowest BCUT2D eigenvalue weighted by Crippen LogP contribution is -2.56. The molecule has 0 spiro atoms. The number of alkyl carbamates (subject to hydrolysis) is 1. The number of nitrogens with zero attached hydrogens (tertiary/aromatic N) is 1. The van der Waals surface area contributed by atoms with Crippen molar-refractivity contribution in [2.75, 3.05) is 13.1 Å². The summed E-state index contributed by atoms with van der Waals surface area (Å²) in [7, 11) is 0. The number of carboxylic acid groups (broad SMARTS) is 1. The zero-order chi connectivity index (χ0) is 15.2. The van der Waals surface area contributed by atoms with Crippen LogP contribution < -0.4 is 5.32 Å². The van der Waals surface area contributed by atoms with Gasteiger partial charge in [-0.3, -0.25) is 0 Å². The third-order valence-electron chi connectivity index (χ3n) is 3.36. The highest BCUT2D eigenvalue weighted by Crippen LogP contribution is 2.11. The fourth-order valence-electron chi connectivity index (χ4n) is 2.17. The van der Waals surface area contributed by atoms with Crippen LogP contribution in [-0.4, -0.2) is 52.5 Å². The summed E-state index contributed by atoms with van der Waals surface area (Å²) in [6, 6.07) is 8.54. The molecule has 2 amide bonds. The first-order chi connectivity index (χ1) is 10.1. The Balaban J connectivity index is 1.82. The number of rotatable bonds is 3. The van der Waals surface area contributed by atoms with Crippen LogP contribution in [0.4, 0.5) is 9.59 Å². The van der Waals surface area contributed by atoms with Crippen molar-refractivity contribution in [2.24, 2.45) is 0 Å². The zero-order valence-corrected chi connectivity index (χ0v) is 11.4. The van der Waals surface area contributed by atoms with E-state index >= 15 is 0 Å². The number of carbonyl (C=O) groups is 2. The lowest BCUT2D eigenvalue weighted by atomic mass is 10.0. The van der Waals surface area contributed by atoms with Crippen LogP contribution in [0.2, 0.25) is 0 Å². The Morgan fingerprint density at radius 1 is 1.33 bits per heavy atom. The molecule has 0 unspecified atom stereocenters. The average molecular weight is 294 g/mol. The summed E-state index contributed by atoms with van der Waals surface area (Å²) in [6.07, 6.45) is -2.22. The molecule has 21 heavy (non-hydrogen) atoms. The molecule has 0 radical (unpaired) electrons. The summed E-state index contributed by atoms with van der Waals surface area (Å²) in [4.78, 5) is 23.8. The largest absolute Gasteiger partial charge is 0.465 e. The van der Waals surface area contributed by atoms with Crippen LogP contribution in [-0.2, 0) is 11.3 Å². The highest BCUT2D eigenvalue weighted by Gasteiger charge is 2.31. The van der Waals surface area contributed by atoms with E-state index < -0.39 is 24.3 Å². The summed E-state index contributed by atoms with van der Waals surface area (Å²) in [5.41, 5.74) is 0.851. The minimum absolute atomic E-state index is 0.0525. The Bertz CT molecular complexity index is 493. The predicted molar refractivity (Wildman–Crippen MR) is 73.8 cm³/mol. The molecule has 1 saturated heterocycles. The summed E-state index contributed by atoms with van der Waals surface area (Å²) >= 11 is 0. The van der Waals surface area contributed by atoms with Crippen molar-refractivity contribution >= 4 is 12.2 Å². The third kappa shape index (κ3) is 4.35. The van der Waals surface area contributed by atoms with Crippen molar-refractivity contribution in [3.63, 3.8) is 0 Å². The molecule has 1 aliphatic rings. The molecule has 2 rings (SSSR count). The van der Waals surface area contributed by atoms with E-state index in [0.717, 1.165) is 10.5 Å². The van der Waals surface area contributed by atoms with E-state index in [-0.39, 0.29) is 26.1 Å². The van der Waals surface area contributed by atoms with E-state index in [1.165, 1.54) is 0 Å². The van der Waals surface area contributed by atoms with Crippen LogP contribution in [0.25, 0.3) is 0 Å². The van der Waals surface area contributed by atoms with E-state index in [4.69, 9.17) is 9.84 Å². The number of carbonyl (C=O) groups excluding carboxylic acids is 1. The standard InChI is InChI=1S/C14H18N2O5/c17-12-6-7-16(14(19)20)8-11(12)15-13(18)21-9-10-4-2-1-3-5-10/h1-5,11-12,17H,6-9H2,(H,15,18)(H,19,20)/t11-,12-/m1/s1. The van der Waals surface area contributed by atoms with E-state index in [1.807, 2.05) is 30.3 Å². The molecule has 114 valence electrons. The molecular weight excluding hydrogens is 276 g/mol. The van der Waals surface area contributed by atoms with E-state index in [9.17, 15) is 14.7 Å². The average Bonchev–Trinajstić information content (AvgIpc) is 2.48. The van der Waals surface area contributed by atoms with E-state index in [1.54, 1.807) is 0 Å². The van der Waals surface area contributed by atoms with Crippen LogP contribution >= 0.6 is 0 Å². The first-order valence-corrected chi connectivity index (χ1v) is 6.69. The molecule has 1 fully saturated rings. The van der Waals surface area contributed by atoms with Gasteiger partial charge in [0.05, 0.1) is 12.1 Å². The molecule has 0 aliphatic carbocycles.